The largest absolute Gasteiger partial charge is 0.493 e. The lowest BCUT2D eigenvalue weighted by Crippen LogP contribution is -2.33. The Hall–Kier alpha value is -2.94. The van der Waals surface area contributed by atoms with Gasteiger partial charge in [0.2, 0.25) is 0 Å². The molecule has 0 saturated carbocycles. The Morgan fingerprint density at radius 1 is 1.00 bits per heavy atom. The molecular weight excluding hydrogens is 401 g/mol. The number of amides is 2. The lowest BCUT2D eigenvalue weighted by atomic mass is 10.1. The lowest BCUT2D eigenvalue weighted by Gasteiger charge is -2.16. The number of anilines is 1. The normalized spacial score (nSPS) is 10.9. The van der Waals surface area contributed by atoms with Gasteiger partial charge in [-0.3, -0.25) is 9.59 Å². The molecule has 2 N–H and O–H groups in total. The second kappa shape index (κ2) is 8.83. The number of nitrogens with one attached hydrogen (secondary N) is 2. The van der Waals surface area contributed by atoms with E-state index in [0.717, 1.165) is 0 Å². The summed E-state index contributed by atoms with van der Waals surface area (Å²) < 4.78 is 47.3. The molecule has 2 aromatic rings. The van der Waals surface area contributed by atoms with Crippen molar-refractivity contribution >= 4 is 29.1 Å². The van der Waals surface area contributed by atoms with Crippen LogP contribution in [-0.2, 0) is 0 Å². The monoisotopic (exact) mass is 416 g/mol. The Kier molecular flexibility index (Phi) is 6.74. The van der Waals surface area contributed by atoms with Crippen molar-refractivity contribution in [2.24, 2.45) is 0 Å². The second-order valence-electron chi connectivity index (χ2n) is 5.52. The molecule has 0 heterocycles. The summed E-state index contributed by atoms with van der Waals surface area (Å²) in [5, 5.41) is 4.75. The third kappa shape index (κ3) is 5.53. The summed E-state index contributed by atoms with van der Waals surface area (Å²) in [6.07, 6.45) is -4.56. The average Bonchev–Trinajstić information content (AvgIpc) is 2.65. The molecule has 10 heteroatoms. The molecule has 2 amide bonds. The molecule has 0 aliphatic heterocycles. The number of ether oxygens (including phenoxy) is 2. The van der Waals surface area contributed by atoms with Crippen LogP contribution >= 0.6 is 11.6 Å². The number of hydrogen-bond donors (Lipinski definition) is 2. The van der Waals surface area contributed by atoms with Crippen LogP contribution in [0.25, 0.3) is 0 Å². The van der Waals surface area contributed by atoms with Gasteiger partial charge in [-0.2, -0.15) is 13.2 Å². The molecule has 0 aliphatic rings. The molecule has 0 radical (unpaired) electrons. The van der Waals surface area contributed by atoms with Gasteiger partial charge in [-0.1, -0.05) is 11.6 Å². The second-order valence-corrected chi connectivity index (χ2v) is 5.95. The number of carbonyl (C=O) groups excluding carboxylic acids is 2. The van der Waals surface area contributed by atoms with Gasteiger partial charge in [0.05, 0.1) is 19.9 Å². The van der Waals surface area contributed by atoms with E-state index < -0.39 is 24.5 Å². The minimum absolute atomic E-state index is 0.0546. The number of rotatable bonds is 6. The number of methoxy groups -OCH3 is 2. The van der Waals surface area contributed by atoms with Crippen LogP contribution in [0.4, 0.5) is 18.9 Å². The molecule has 2 aromatic carbocycles. The van der Waals surface area contributed by atoms with Crippen LogP contribution in [0.15, 0.2) is 36.4 Å². The first-order valence-corrected chi connectivity index (χ1v) is 8.20. The average molecular weight is 417 g/mol. The number of halogens is 4. The van der Waals surface area contributed by atoms with Crippen molar-refractivity contribution in [2.45, 2.75) is 6.18 Å². The van der Waals surface area contributed by atoms with Crippen molar-refractivity contribution < 1.29 is 32.2 Å². The molecule has 0 saturated heterocycles. The number of hydrogen-bond acceptors (Lipinski definition) is 4. The Balaban J connectivity index is 2.34. The van der Waals surface area contributed by atoms with E-state index in [1.807, 2.05) is 0 Å². The van der Waals surface area contributed by atoms with Crippen LogP contribution in [0.2, 0.25) is 5.02 Å². The first-order valence-electron chi connectivity index (χ1n) is 7.82. The smallest absolute Gasteiger partial charge is 0.405 e. The van der Waals surface area contributed by atoms with E-state index in [0.29, 0.717) is 5.02 Å². The molecule has 0 bridgehead atoms. The molecule has 0 aromatic heterocycles. The molecular formula is C18H16ClF3N2O4. The Bertz CT molecular complexity index is 870. The van der Waals surface area contributed by atoms with E-state index in [4.69, 9.17) is 21.1 Å². The van der Waals surface area contributed by atoms with Gasteiger partial charge < -0.3 is 20.1 Å². The van der Waals surface area contributed by atoms with Crippen LogP contribution < -0.4 is 20.1 Å². The highest BCUT2D eigenvalue weighted by Gasteiger charge is 2.28. The van der Waals surface area contributed by atoms with Crippen molar-refractivity contribution in [1.82, 2.24) is 5.32 Å². The zero-order chi connectivity index (χ0) is 20.9. The Morgan fingerprint density at radius 3 is 2.18 bits per heavy atom. The van der Waals surface area contributed by atoms with Crippen LogP contribution in [-0.4, -0.2) is 38.8 Å². The standard InChI is InChI=1S/C18H16ClF3N2O4/c1-27-14-8-11(16(25)23-9-18(20,21)22)7-13(15(14)28-2)24-17(26)10-3-5-12(19)6-4-10/h3-8H,9H2,1-2H3,(H,23,25)(H,24,26). The van der Waals surface area contributed by atoms with E-state index in [9.17, 15) is 22.8 Å². The molecule has 0 fully saturated rings. The maximum atomic E-state index is 12.4. The van der Waals surface area contributed by atoms with Crippen LogP contribution in [0, 0.1) is 0 Å². The van der Waals surface area contributed by atoms with E-state index in [2.05, 4.69) is 5.32 Å². The molecule has 6 nitrogen and oxygen atoms in total. The molecule has 150 valence electrons. The van der Waals surface area contributed by atoms with Gasteiger partial charge in [-0.05, 0) is 36.4 Å². The zero-order valence-corrected chi connectivity index (χ0v) is 15.6. The summed E-state index contributed by atoms with van der Waals surface area (Å²) in [7, 11) is 2.61. The van der Waals surface area contributed by atoms with Gasteiger partial charge in [0.25, 0.3) is 11.8 Å². The molecule has 0 atom stereocenters. The summed E-state index contributed by atoms with van der Waals surface area (Å²) in [5.41, 5.74) is 0.185. The first kappa shape index (κ1) is 21.4. The van der Waals surface area contributed by atoms with Crippen molar-refractivity contribution in [3.63, 3.8) is 0 Å². The number of benzene rings is 2. The third-order valence-corrected chi connectivity index (χ3v) is 3.80. The molecule has 2 rings (SSSR count). The predicted octanol–water partition coefficient (Wildman–Crippen LogP) is 3.90. The molecule has 28 heavy (non-hydrogen) atoms. The summed E-state index contributed by atoms with van der Waals surface area (Å²) in [6, 6.07) is 8.43. The van der Waals surface area contributed by atoms with Gasteiger partial charge in [0.15, 0.2) is 11.5 Å². The van der Waals surface area contributed by atoms with E-state index in [-0.39, 0.29) is 28.3 Å². The summed E-state index contributed by atoms with van der Waals surface area (Å²) in [5.74, 6) is -1.35. The minimum Gasteiger partial charge on any atom is -0.493 e. The van der Waals surface area contributed by atoms with Crippen LogP contribution in [0.5, 0.6) is 11.5 Å². The predicted molar refractivity (Wildman–Crippen MR) is 97.3 cm³/mol. The third-order valence-electron chi connectivity index (χ3n) is 3.55. The van der Waals surface area contributed by atoms with Gasteiger partial charge in [0, 0.05) is 16.1 Å². The maximum absolute atomic E-state index is 12.4. The van der Waals surface area contributed by atoms with Crippen molar-refractivity contribution in [3.05, 3.63) is 52.5 Å². The first-order chi connectivity index (χ1) is 13.1. The van der Waals surface area contributed by atoms with E-state index in [1.165, 1.54) is 50.6 Å². The van der Waals surface area contributed by atoms with Crippen molar-refractivity contribution in [3.8, 4) is 11.5 Å². The van der Waals surface area contributed by atoms with Crippen LogP contribution in [0.1, 0.15) is 20.7 Å². The summed E-state index contributed by atoms with van der Waals surface area (Å²) >= 11 is 5.79. The highest BCUT2D eigenvalue weighted by atomic mass is 35.5. The SMILES string of the molecule is COc1cc(C(=O)NCC(F)(F)F)cc(NC(=O)c2ccc(Cl)cc2)c1OC. The molecule has 0 spiro atoms. The number of carbonyl (C=O) groups is 2. The zero-order valence-electron chi connectivity index (χ0n) is 14.8. The fourth-order valence-corrected chi connectivity index (χ4v) is 2.39. The summed E-state index contributed by atoms with van der Waals surface area (Å²) in [6.45, 7) is -1.49. The Labute approximate surface area is 163 Å². The lowest BCUT2D eigenvalue weighted by molar-refractivity contribution is -0.123. The van der Waals surface area contributed by atoms with Gasteiger partial charge in [-0.25, -0.2) is 0 Å². The van der Waals surface area contributed by atoms with Gasteiger partial charge in [-0.15, -0.1) is 0 Å². The Morgan fingerprint density at radius 2 is 1.64 bits per heavy atom. The van der Waals surface area contributed by atoms with Crippen molar-refractivity contribution in [2.75, 3.05) is 26.1 Å². The highest BCUT2D eigenvalue weighted by Crippen LogP contribution is 2.37. The van der Waals surface area contributed by atoms with Gasteiger partial charge in [0.1, 0.15) is 6.54 Å². The molecule has 0 aliphatic carbocycles. The van der Waals surface area contributed by atoms with Gasteiger partial charge >= 0.3 is 6.18 Å². The highest BCUT2D eigenvalue weighted by molar-refractivity contribution is 6.30. The van der Waals surface area contributed by atoms with Crippen LogP contribution in [0.3, 0.4) is 0 Å². The van der Waals surface area contributed by atoms with E-state index in [1.54, 1.807) is 5.32 Å². The number of alkyl halides is 3. The van der Waals surface area contributed by atoms with Crippen molar-refractivity contribution in [1.29, 1.82) is 0 Å². The fourth-order valence-electron chi connectivity index (χ4n) is 2.27. The summed E-state index contributed by atoms with van der Waals surface area (Å²) in [4.78, 5) is 24.5. The topological polar surface area (TPSA) is 76.7 Å². The molecule has 0 unspecified atom stereocenters. The minimum atomic E-state index is -4.56. The quantitative estimate of drug-likeness (QED) is 0.748. The fraction of sp³-hybridized carbons (Fsp3) is 0.222. The van der Waals surface area contributed by atoms with E-state index >= 15 is 0 Å². The maximum Gasteiger partial charge on any atom is 0.405 e.